The largest absolute Gasteiger partial charge is 0.379 e. The van der Waals surface area contributed by atoms with E-state index in [2.05, 4.69) is 0 Å². The number of hydrogen-bond acceptors (Lipinski definition) is 4. The Morgan fingerprint density at radius 1 is 1.12 bits per heavy atom. The summed E-state index contributed by atoms with van der Waals surface area (Å²) in [7, 11) is -3.82. The highest BCUT2D eigenvalue weighted by molar-refractivity contribution is 7.89. The fourth-order valence-corrected chi connectivity index (χ4v) is 5.08. The first-order valence-electron chi connectivity index (χ1n) is 8.69. The SMILES string of the molecule is CCCN(CCC)C(=O)c1cc(S(=O)(=O)N2CCOCC2)c(Cl)cc1Cl. The minimum absolute atomic E-state index is 0.00979. The summed E-state index contributed by atoms with van der Waals surface area (Å²) in [6.45, 7) is 6.29. The normalized spacial score (nSPS) is 15.8. The number of sulfonamides is 1. The van der Waals surface area contributed by atoms with Crippen molar-refractivity contribution in [1.29, 1.82) is 0 Å². The lowest BCUT2D eigenvalue weighted by molar-refractivity contribution is 0.0729. The summed E-state index contributed by atoms with van der Waals surface area (Å²) in [5, 5.41) is 0.161. The average Bonchev–Trinajstić information content (AvgIpc) is 2.61. The van der Waals surface area contributed by atoms with Gasteiger partial charge in [0.15, 0.2) is 0 Å². The van der Waals surface area contributed by atoms with E-state index in [0.717, 1.165) is 12.8 Å². The molecule has 0 N–H and O–H groups in total. The van der Waals surface area contributed by atoms with E-state index in [1.165, 1.54) is 16.4 Å². The number of benzene rings is 1. The lowest BCUT2D eigenvalue weighted by atomic mass is 10.2. The highest BCUT2D eigenvalue weighted by atomic mass is 35.5. The van der Waals surface area contributed by atoms with Crippen LogP contribution in [0.15, 0.2) is 17.0 Å². The van der Waals surface area contributed by atoms with Crippen molar-refractivity contribution in [2.24, 2.45) is 0 Å². The minimum Gasteiger partial charge on any atom is -0.379 e. The van der Waals surface area contributed by atoms with Crippen molar-refractivity contribution in [2.75, 3.05) is 39.4 Å². The Kier molecular flexibility index (Phi) is 7.73. The molecule has 0 bridgehead atoms. The molecule has 1 fully saturated rings. The van der Waals surface area contributed by atoms with Crippen LogP contribution in [0.4, 0.5) is 0 Å². The molecule has 1 aliphatic heterocycles. The molecule has 146 valence electrons. The average molecular weight is 423 g/mol. The van der Waals surface area contributed by atoms with Gasteiger partial charge < -0.3 is 9.64 Å². The van der Waals surface area contributed by atoms with E-state index in [1.54, 1.807) is 4.90 Å². The summed E-state index contributed by atoms with van der Waals surface area (Å²) in [6.07, 6.45) is 1.60. The summed E-state index contributed by atoms with van der Waals surface area (Å²) in [5.74, 6) is -0.284. The molecule has 0 saturated carbocycles. The van der Waals surface area contributed by atoms with Crippen LogP contribution in [0, 0.1) is 0 Å². The smallest absolute Gasteiger partial charge is 0.255 e. The number of rotatable bonds is 7. The van der Waals surface area contributed by atoms with Gasteiger partial charge in [-0.1, -0.05) is 37.0 Å². The van der Waals surface area contributed by atoms with Crippen LogP contribution in [-0.2, 0) is 14.8 Å². The van der Waals surface area contributed by atoms with E-state index in [0.29, 0.717) is 26.3 Å². The first-order chi connectivity index (χ1) is 12.3. The molecule has 1 heterocycles. The number of ether oxygens (including phenoxy) is 1. The van der Waals surface area contributed by atoms with Crippen LogP contribution in [0.25, 0.3) is 0 Å². The van der Waals surface area contributed by atoms with Crippen molar-refractivity contribution in [2.45, 2.75) is 31.6 Å². The minimum atomic E-state index is -3.82. The molecule has 1 saturated heterocycles. The van der Waals surface area contributed by atoms with Gasteiger partial charge in [0.25, 0.3) is 5.91 Å². The summed E-state index contributed by atoms with van der Waals surface area (Å²) >= 11 is 12.4. The van der Waals surface area contributed by atoms with Crippen molar-refractivity contribution in [1.82, 2.24) is 9.21 Å². The standard InChI is InChI=1S/C17H24Cl2N2O4S/c1-3-5-20(6-4-2)17(22)13-11-16(15(19)12-14(13)18)26(23,24)21-7-9-25-10-8-21/h11-12H,3-10H2,1-2H3. The molecule has 2 rings (SSSR count). The van der Waals surface area contributed by atoms with Crippen LogP contribution in [0.2, 0.25) is 10.0 Å². The topological polar surface area (TPSA) is 66.9 Å². The van der Waals surface area contributed by atoms with Gasteiger partial charge >= 0.3 is 0 Å². The molecule has 1 amide bonds. The van der Waals surface area contributed by atoms with E-state index in [-0.39, 0.29) is 39.5 Å². The third kappa shape index (κ3) is 4.70. The maximum absolute atomic E-state index is 12.9. The van der Waals surface area contributed by atoms with Gasteiger partial charge in [-0.3, -0.25) is 4.79 Å². The maximum Gasteiger partial charge on any atom is 0.255 e. The zero-order chi connectivity index (χ0) is 19.3. The van der Waals surface area contributed by atoms with Crippen LogP contribution < -0.4 is 0 Å². The van der Waals surface area contributed by atoms with Gasteiger partial charge in [0.2, 0.25) is 10.0 Å². The molecule has 0 aliphatic carbocycles. The number of morpholine rings is 1. The molecule has 1 aliphatic rings. The third-order valence-corrected chi connectivity index (χ3v) is 6.79. The van der Waals surface area contributed by atoms with E-state index >= 15 is 0 Å². The second kappa shape index (κ2) is 9.37. The fourth-order valence-electron chi connectivity index (χ4n) is 2.84. The van der Waals surface area contributed by atoms with Crippen LogP contribution in [0.3, 0.4) is 0 Å². The number of carbonyl (C=O) groups is 1. The Morgan fingerprint density at radius 2 is 1.69 bits per heavy atom. The number of hydrogen-bond donors (Lipinski definition) is 0. The molecule has 9 heteroatoms. The monoisotopic (exact) mass is 422 g/mol. The number of amides is 1. The Bertz CT molecular complexity index is 743. The van der Waals surface area contributed by atoms with Gasteiger partial charge in [0, 0.05) is 26.2 Å². The number of nitrogens with zero attached hydrogens (tertiary/aromatic N) is 2. The van der Waals surface area contributed by atoms with Crippen molar-refractivity contribution in [3.05, 3.63) is 27.7 Å². The predicted molar refractivity (Wildman–Crippen MR) is 103 cm³/mol. The van der Waals surface area contributed by atoms with Gasteiger partial charge in [-0.25, -0.2) is 8.42 Å². The maximum atomic E-state index is 12.9. The molecule has 26 heavy (non-hydrogen) atoms. The lowest BCUT2D eigenvalue weighted by Crippen LogP contribution is -2.40. The van der Waals surface area contributed by atoms with Gasteiger partial charge in [-0.15, -0.1) is 0 Å². The summed E-state index contributed by atoms with van der Waals surface area (Å²) < 4.78 is 32.4. The fraction of sp³-hybridized carbons (Fsp3) is 0.588. The Morgan fingerprint density at radius 3 is 2.23 bits per heavy atom. The third-order valence-electron chi connectivity index (χ3n) is 4.11. The zero-order valence-electron chi connectivity index (χ0n) is 15.0. The second-order valence-electron chi connectivity index (χ2n) is 6.07. The molecular formula is C17H24Cl2N2O4S. The van der Waals surface area contributed by atoms with Gasteiger partial charge in [-0.05, 0) is 25.0 Å². The van der Waals surface area contributed by atoms with E-state index in [4.69, 9.17) is 27.9 Å². The molecular weight excluding hydrogens is 399 g/mol. The molecule has 0 radical (unpaired) electrons. The molecule has 0 unspecified atom stereocenters. The van der Waals surface area contributed by atoms with Crippen LogP contribution in [-0.4, -0.2) is 62.9 Å². The quantitative estimate of drug-likeness (QED) is 0.675. The molecule has 0 atom stereocenters. The molecule has 0 spiro atoms. The van der Waals surface area contributed by atoms with Crippen molar-refractivity contribution in [3.8, 4) is 0 Å². The zero-order valence-corrected chi connectivity index (χ0v) is 17.3. The Labute approximate surface area is 165 Å². The van der Waals surface area contributed by atoms with E-state index in [1.807, 2.05) is 13.8 Å². The molecule has 0 aromatic heterocycles. The Balaban J connectivity index is 2.43. The second-order valence-corrected chi connectivity index (χ2v) is 8.79. The summed E-state index contributed by atoms with van der Waals surface area (Å²) in [4.78, 5) is 14.5. The first kappa shape index (κ1) is 21.4. The van der Waals surface area contributed by atoms with Crippen LogP contribution >= 0.6 is 23.2 Å². The van der Waals surface area contributed by atoms with Crippen molar-refractivity contribution >= 4 is 39.1 Å². The van der Waals surface area contributed by atoms with E-state index in [9.17, 15) is 13.2 Å². The first-order valence-corrected chi connectivity index (χ1v) is 10.9. The van der Waals surface area contributed by atoms with Crippen molar-refractivity contribution in [3.63, 3.8) is 0 Å². The van der Waals surface area contributed by atoms with E-state index < -0.39 is 10.0 Å². The van der Waals surface area contributed by atoms with Gasteiger partial charge in [-0.2, -0.15) is 4.31 Å². The lowest BCUT2D eigenvalue weighted by Gasteiger charge is -2.27. The Hall–Kier alpha value is -0.860. The van der Waals surface area contributed by atoms with Crippen LogP contribution in [0.1, 0.15) is 37.0 Å². The highest BCUT2D eigenvalue weighted by Crippen LogP contribution is 2.31. The summed E-state index contributed by atoms with van der Waals surface area (Å²) in [5.41, 5.74) is 0.157. The molecule has 1 aromatic carbocycles. The number of carbonyl (C=O) groups excluding carboxylic acids is 1. The predicted octanol–water partition coefficient (Wildman–Crippen LogP) is 3.28. The van der Waals surface area contributed by atoms with Gasteiger partial charge in [0.1, 0.15) is 4.90 Å². The van der Waals surface area contributed by atoms with Crippen molar-refractivity contribution < 1.29 is 17.9 Å². The highest BCUT2D eigenvalue weighted by Gasteiger charge is 2.30. The number of halogens is 2. The molecule has 1 aromatic rings. The van der Waals surface area contributed by atoms with Crippen LogP contribution in [0.5, 0.6) is 0 Å². The summed E-state index contributed by atoms with van der Waals surface area (Å²) in [6, 6.07) is 2.63. The van der Waals surface area contributed by atoms with Gasteiger partial charge in [0.05, 0.1) is 28.8 Å². The molecule has 6 nitrogen and oxygen atoms in total.